The number of hydrogen-bond donors (Lipinski definition) is 1. The van der Waals surface area contributed by atoms with Crippen LogP contribution in [0.2, 0.25) is 5.02 Å². The monoisotopic (exact) mass is 352 g/mol. The second-order valence-corrected chi connectivity index (χ2v) is 6.65. The van der Waals surface area contributed by atoms with Gasteiger partial charge in [0.25, 0.3) is 0 Å². The average molecular weight is 353 g/mol. The first-order chi connectivity index (χ1) is 12.2. The Labute approximate surface area is 150 Å². The number of imidazole rings is 1. The van der Waals surface area contributed by atoms with Crippen molar-refractivity contribution >= 4 is 17.5 Å². The quantitative estimate of drug-likeness (QED) is 0.766. The Balaban J connectivity index is 1.32. The van der Waals surface area contributed by atoms with Crippen molar-refractivity contribution in [2.24, 2.45) is 5.92 Å². The van der Waals surface area contributed by atoms with Gasteiger partial charge in [-0.3, -0.25) is 9.36 Å². The van der Waals surface area contributed by atoms with Crippen molar-refractivity contribution in [3.05, 3.63) is 77.5 Å². The summed E-state index contributed by atoms with van der Waals surface area (Å²) in [5, 5.41) is 3.71. The lowest BCUT2D eigenvalue weighted by Crippen LogP contribution is -2.25. The topological polar surface area (TPSA) is 59.8 Å². The molecular formula is C19H17ClN4O. The molecule has 3 aromatic rings. The van der Waals surface area contributed by atoms with Gasteiger partial charge in [-0.2, -0.15) is 0 Å². The Morgan fingerprint density at radius 3 is 2.96 bits per heavy atom. The highest BCUT2D eigenvalue weighted by atomic mass is 35.5. The summed E-state index contributed by atoms with van der Waals surface area (Å²) in [6.45, 7) is 0.481. The van der Waals surface area contributed by atoms with E-state index < -0.39 is 0 Å². The van der Waals surface area contributed by atoms with Gasteiger partial charge < -0.3 is 5.32 Å². The number of pyridine rings is 1. The molecule has 1 saturated carbocycles. The molecule has 0 radical (unpaired) electrons. The van der Waals surface area contributed by atoms with E-state index in [0.717, 1.165) is 23.4 Å². The highest BCUT2D eigenvalue weighted by Crippen LogP contribution is 2.47. The minimum Gasteiger partial charge on any atom is -0.352 e. The average Bonchev–Trinajstić information content (AvgIpc) is 3.25. The fraction of sp³-hybridized carbons (Fsp3) is 0.211. The molecule has 25 heavy (non-hydrogen) atoms. The van der Waals surface area contributed by atoms with Crippen LogP contribution < -0.4 is 5.32 Å². The third-order valence-corrected chi connectivity index (χ3v) is 4.68. The molecule has 1 N–H and O–H groups in total. The molecule has 126 valence electrons. The lowest BCUT2D eigenvalue weighted by molar-refractivity contribution is -0.122. The zero-order valence-electron chi connectivity index (χ0n) is 13.5. The van der Waals surface area contributed by atoms with Gasteiger partial charge in [0.1, 0.15) is 12.1 Å². The number of carbonyl (C=O) groups excluding carboxylic acids is 1. The first-order valence-electron chi connectivity index (χ1n) is 8.17. The molecule has 2 atom stereocenters. The Bertz CT molecular complexity index is 877. The van der Waals surface area contributed by atoms with Gasteiger partial charge in [-0.05, 0) is 41.7 Å². The highest BCUT2D eigenvalue weighted by Gasteiger charge is 2.43. The lowest BCUT2D eigenvalue weighted by atomic mass is 10.1. The summed E-state index contributed by atoms with van der Waals surface area (Å²) < 4.78 is 1.84. The maximum atomic E-state index is 12.3. The van der Waals surface area contributed by atoms with Crippen molar-refractivity contribution in [1.82, 2.24) is 19.9 Å². The summed E-state index contributed by atoms with van der Waals surface area (Å²) >= 11 is 6.02. The second-order valence-electron chi connectivity index (χ2n) is 6.22. The third-order valence-electron chi connectivity index (χ3n) is 4.45. The van der Waals surface area contributed by atoms with Crippen molar-refractivity contribution in [2.75, 3.05) is 0 Å². The number of nitrogens with zero attached hydrogens (tertiary/aromatic N) is 3. The van der Waals surface area contributed by atoms with Gasteiger partial charge in [-0.15, -0.1) is 0 Å². The van der Waals surface area contributed by atoms with Crippen molar-refractivity contribution in [1.29, 1.82) is 0 Å². The van der Waals surface area contributed by atoms with E-state index in [0.29, 0.717) is 11.6 Å². The van der Waals surface area contributed by atoms with E-state index >= 15 is 0 Å². The molecule has 6 heteroatoms. The fourth-order valence-corrected chi connectivity index (χ4v) is 3.18. The van der Waals surface area contributed by atoms with Crippen LogP contribution in [0.15, 0.2) is 61.3 Å². The summed E-state index contributed by atoms with van der Waals surface area (Å²) in [6, 6.07) is 11.6. The minimum atomic E-state index is 0.0386. The minimum absolute atomic E-state index is 0.0386. The van der Waals surface area contributed by atoms with E-state index in [2.05, 4.69) is 15.3 Å². The Morgan fingerprint density at radius 1 is 1.32 bits per heavy atom. The van der Waals surface area contributed by atoms with E-state index in [4.69, 9.17) is 11.6 Å². The molecule has 1 fully saturated rings. The van der Waals surface area contributed by atoms with Crippen LogP contribution >= 0.6 is 11.6 Å². The van der Waals surface area contributed by atoms with Crippen LogP contribution in [-0.2, 0) is 11.3 Å². The van der Waals surface area contributed by atoms with Crippen molar-refractivity contribution in [2.45, 2.75) is 18.9 Å². The van der Waals surface area contributed by atoms with Crippen LogP contribution in [0, 0.1) is 5.92 Å². The summed E-state index contributed by atoms with van der Waals surface area (Å²) in [6.07, 6.45) is 7.91. The van der Waals surface area contributed by atoms with Gasteiger partial charge in [0.05, 0.1) is 0 Å². The number of rotatable bonds is 5. The Morgan fingerprint density at radius 2 is 2.24 bits per heavy atom. The summed E-state index contributed by atoms with van der Waals surface area (Å²) in [5.41, 5.74) is 2.11. The molecule has 2 heterocycles. The molecule has 1 aliphatic carbocycles. The van der Waals surface area contributed by atoms with Crippen LogP contribution in [0.4, 0.5) is 0 Å². The molecule has 0 spiro atoms. The predicted molar refractivity (Wildman–Crippen MR) is 95.5 cm³/mol. The lowest BCUT2D eigenvalue weighted by Gasteiger charge is -2.07. The van der Waals surface area contributed by atoms with Gasteiger partial charge >= 0.3 is 0 Å². The molecular weight excluding hydrogens is 336 g/mol. The van der Waals surface area contributed by atoms with Gasteiger partial charge in [-0.1, -0.05) is 29.8 Å². The van der Waals surface area contributed by atoms with Crippen LogP contribution in [0.3, 0.4) is 0 Å². The molecule has 2 aromatic heterocycles. The first kappa shape index (κ1) is 15.8. The highest BCUT2D eigenvalue weighted by molar-refractivity contribution is 6.30. The van der Waals surface area contributed by atoms with Gasteiger partial charge in [-0.25, -0.2) is 9.97 Å². The zero-order chi connectivity index (χ0) is 17.2. The number of halogens is 1. The molecule has 5 nitrogen and oxygen atoms in total. The molecule has 1 amide bonds. The largest absolute Gasteiger partial charge is 0.352 e. The number of carbonyl (C=O) groups is 1. The Kier molecular flexibility index (Phi) is 4.24. The van der Waals surface area contributed by atoms with Crippen molar-refractivity contribution in [3.8, 4) is 5.82 Å². The molecule has 0 bridgehead atoms. The van der Waals surface area contributed by atoms with Crippen molar-refractivity contribution < 1.29 is 4.79 Å². The molecule has 1 aliphatic rings. The molecule has 0 aliphatic heterocycles. The predicted octanol–water partition coefficient (Wildman–Crippen LogP) is 3.34. The van der Waals surface area contributed by atoms with E-state index in [1.807, 2.05) is 47.2 Å². The third kappa shape index (κ3) is 3.56. The maximum absolute atomic E-state index is 12.3. The van der Waals surface area contributed by atoms with Crippen LogP contribution in [0.5, 0.6) is 0 Å². The number of amides is 1. The van der Waals surface area contributed by atoms with E-state index in [9.17, 15) is 4.79 Å². The number of nitrogens with one attached hydrogen (secondary N) is 1. The smallest absolute Gasteiger partial charge is 0.224 e. The first-order valence-corrected chi connectivity index (χ1v) is 8.55. The van der Waals surface area contributed by atoms with E-state index in [1.165, 1.54) is 0 Å². The van der Waals surface area contributed by atoms with Crippen LogP contribution in [0.1, 0.15) is 23.5 Å². The number of benzene rings is 1. The van der Waals surface area contributed by atoms with Gasteiger partial charge in [0, 0.05) is 36.1 Å². The van der Waals surface area contributed by atoms with Crippen LogP contribution in [0.25, 0.3) is 5.82 Å². The Hall–Kier alpha value is -2.66. The van der Waals surface area contributed by atoms with E-state index in [-0.39, 0.29) is 17.7 Å². The maximum Gasteiger partial charge on any atom is 0.224 e. The second kappa shape index (κ2) is 6.69. The molecule has 2 unspecified atom stereocenters. The number of aromatic nitrogens is 3. The zero-order valence-corrected chi connectivity index (χ0v) is 14.2. The van der Waals surface area contributed by atoms with E-state index in [1.54, 1.807) is 18.7 Å². The number of hydrogen-bond acceptors (Lipinski definition) is 3. The van der Waals surface area contributed by atoms with Gasteiger partial charge in [0.15, 0.2) is 0 Å². The van der Waals surface area contributed by atoms with Crippen LogP contribution in [-0.4, -0.2) is 20.4 Å². The molecule has 1 aromatic carbocycles. The fourth-order valence-electron chi connectivity index (χ4n) is 2.98. The summed E-state index contributed by atoms with van der Waals surface area (Å²) in [7, 11) is 0. The normalized spacial score (nSPS) is 18.8. The standard InChI is InChI=1S/C19H17ClN4O/c20-15-3-1-2-14(8-15)16-9-17(16)19(25)23-11-13-4-5-18(22-10-13)24-7-6-21-12-24/h1-8,10,12,16-17H,9,11H2,(H,23,25). The summed E-state index contributed by atoms with van der Waals surface area (Å²) in [4.78, 5) is 20.7. The molecule has 4 rings (SSSR count). The summed E-state index contributed by atoms with van der Waals surface area (Å²) in [5.74, 6) is 1.21. The van der Waals surface area contributed by atoms with Crippen molar-refractivity contribution in [3.63, 3.8) is 0 Å². The SMILES string of the molecule is O=C(NCc1ccc(-n2ccnc2)nc1)C1CC1c1cccc(Cl)c1. The van der Waals surface area contributed by atoms with Gasteiger partial charge in [0.2, 0.25) is 5.91 Å². The molecule has 0 saturated heterocycles.